The van der Waals surface area contributed by atoms with Crippen LogP contribution in [0.4, 0.5) is 16.2 Å². The molecule has 2 fully saturated rings. The highest BCUT2D eigenvalue weighted by Crippen LogP contribution is 2.37. The van der Waals surface area contributed by atoms with E-state index in [4.69, 9.17) is 9.47 Å². The molecule has 206 valence electrons. The number of hydrogen-bond donors (Lipinski definition) is 1. The summed E-state index contributed by atoms with van der Waals surface area (Å²) >= 11 is 5.24. The van der Waals surface area contributed by atoms with Gasteiger partial charge in [0.1, 0.15) is 18.9 Å². The monoisotopic (exact) mass is 781 g/mol. The molecule has 2 aliphatic rings. The van der Waals surface area contributed by atoms with Crippen LogP contribution in [0.25, 0.3) is 6.08 Å². The first-order valence-corrected chi connectivity index (χ1v) is 15.5. The van der Waals surface area contributed by atoms with Gasteiger partial charge in [0.05, 0.1) is 33.1 Å². The third kappa shape index (κ3) is 6.98. The quantitative estimate of drug-likeness (QED) is 0.222. The smallest absolute Gasteiger partial charge is 0.294 e. The lowest BCUT2D eigenvalue weighted by molar-refractivity contribution is -0.127. The van der Waals surface area contributed by atoms with Crippen LogP contribution in [0, 0.1) is 7.14 Å². The minimum atomic E-state index is -0.505. The van der Waals surface area contributed by atoms with E-state index in [0.29, 0.717) is 36.8 Å². The third-order valence-electron chi connectivity index (χ3n) is 6.25. The minimum absolute atomic E-state index is 0.244. The van der Waals surface area contributed by atoms with Gasteiger partial charge in [-0.15, -0.1) is 0 Å². The van der Waals surface area contributed by atoms with Crippen LogP contribution in [0.1, 0.15) is 11.1 Å². The topological polar surface area (TPSA) is 88.2 Å². The highest BCUT2D eigenvalue weighted by molar-refractivity contribution is 14.1. The van der Waals surface area contributed by atoms with Crippen molar-refractivity contribution in [3.05, 3.63) is 89.9 Å². The predicted molar refractivity (Wildman–Crippen MR) is 173 cm³/mol. The van der Waals surface area contributed by atoms with Crippen molar-refractivity contribution in [1.29, 1.82) is 0 Å². The number of imide groups is 1. The lowest BCUT2D eigenvalue weighted by Gasteiger charge is -2.30. The lowest BCUT2D eigenvalue weighted by atomic mass is 10.1. The van der Waals surface area contributed by atoms with Crippen LogP contribution in [0.2, 0.25) is 0 Å². The molecule has 0 bridgehead atoms. The second-order valence-electron chi connectivity index (χ2n) is 9.01. The largest absolute Gasteiger partial charge is 0.487 e. The minimum Gasteiger partial charge on any atom is -0.487 e. The molecule has 40 heavy (non-hydrogen) atoms. The van der Waals surface area contributed by atoms with Gasteiger partial charge in [0, 0.05) is 22.2 Å². The number of hydrogen-bond acceptors (Lipinski definition) is 7. The van der Waals surface area contributed by atoms with Crippen molar-refractivity contribution in [3.63, 3.8) is 0 Å². The maximum Gasteiger partial charge on any atom is 0.294 e. The summed E-state index contributed by atoms with van der Waals surface area (Å²) in [4.78, 5) is 42.4. The average Bonchev–Trinajstić information content (AvgIpc) is 3.21. The average molecular weight is 781 g/mol. The molecule has 0 atom stereocenters. The molecule has 0 unspecified atom stereocenters. The van der Waals surface area contributed by atoms with E-state index in [1.807, 2.05) is 66.7 Å². The Balaban J connectivity index is 1.30. The van der Waals surface area contributed by atoms with Crippen molar-refractivity contribution in [3.8, 4) is 5.75 Å². The zero-order chi connectivity index (χ0) is 28.1. The molecule has 5 rings (SSSR count). The molecule has 0 radical (unpaired) electrons. The van der Waals surface area contributed by atoms with E-state index in [1.54, 1.807) is 6.08 Å². The highest BCUT2D eigenvalue weighted by Gasteiger charge is 2.36. The number of thioether (sulfide) groups is 1. The van der Waals surface area contributed by atoms with Gasteiger partial charge in [0.25, 0.3) is 11.1 Å². The maximum absolute atomic E-state index is 13.3. The Morgan fingerprint density at radius 1 is 1.02 bits per heavy atom. The summed E-state index contributed by atoms with van der Waals surface area (Å²) in [6, 6.07) is 21.2. The molecule has 0 aliphatic carbocycles. The number of nitrogens with zero attached hydrogens (tertiary/aromatic N) is 2. The van der Waals surface area contributed by atoms with E-state index in [0.717, 1.165) is 48.1 Å². The summed E-state index contributed by atoms with van der Waals surface area (Å²) in [7, 11) is 0. The second-order valence-corrected chi connectivity index (χ2v) is 12.4. The second kappa shape index (κ2) is 13.4. The van der Waals surface area contributed by atoms with Crippen molar-refractivity contribution in [2.75, 3.05) is 43.1 Å². The summed E-state index contributed by atoms with van der Waals surface area (Å²) in [6.45, 7) is 2.66. The van der Waals surface area contributed by atoms with Gasteiger partial charge in [0.2, 0.25) is 5.91 Å². The molecule has 2 aliphatic heterocycles. The number of halogens is 2. The fraction of sp³-hybridized carbons (Fsp3) is 0.207. The number of morpholine rings is 1. The molecular formula is C29H25I2N3O5S. The van der Waals surface area contributed by atoms with E-state index in [1.165, 1.54) is 0 Å². The van der Waals surface area contributed by atoms with Crippen molar-refractivity contribution in [2.24, 2.45) is 0 Å². The SMILES string of the molecule is O=C(CN1C(=O)S/C(=C/c2cc(I)cc(I)c2OCc2ccccc2)C1=O)Nc1ccccc1N1CCOCC1. The van der Waals surface area contributed by atoms with Crippen LogP contribution >= 0.6 is 56.9 Å². The number of carbonyl (C=O) groups excluding carboxylic acids is 3. The predicted octanol–water partition coefficient (Wildman–Crippen LogP) is 5.99. The number of nitrogens with one attached hydrogen (secondary N) is 1. The Kier molecular flexibility index (Phi) is 9.65. The normalized spacial score (nSPS) is 16.5. The molecule has 2 heterocycles. The van der Waals surface area contributed by atoms with Crippen LogP contribution in [-0.2, 0) is 20.9 Å². The Morgan fingerprint density at radius 2 is 1.75 bits per heavy atom. The molecule has 0 spiro atoms. The number of ether oxygens (including phenoxy) is 2. The standard InChI is InChI=1S/C29H25I2N3O5S/c30-21-14-20(27(22(31)16-21)39-18-19-6-2-1-3-7-19)15-25-28(36)34(29(37)40-25)17-26(35)32-23-8-4-5-9-24(23)33-10-12-38-13-11-33/h1-9,14-16H,10-13,17-18H2,(H,32,35)/b25-15+. The zero-order valence-corrected chi connectivity index (χ0v) is 26.4. The van der Waals surface area contributed by atoms with Crippen molar-refractivity contribution in [2.45, 2.75) is 6.61 Å². The Labute approximate surface area is 263 Å². The Morgan fingerprint density at radius 3 is 2.52 bits per heavy atom. The van der Waals surface area contributed by atoms with E-state index < -0.39 is 17.1 Å². The molecule has 0 saturated carbocycles. The van der Waals surface area contributed by atoms with Gasteiger partial charge < -0.3 is 19.7 Å². The fourth-order valence-corrected chi connectivity index (χ4v) is 7.21. The van der Waals surface area contributed by atoms with Crippen LogP contribution in [0.15, 0.2) is 71.6 Å². The highest BCUT2D eigenvalue weighted by atomic mass is 127. The lowest BCUT2D eigenvalue weighted by Crippen LogP contribution is -2.38. The van der Waals surface area contributed by atoms with Crippen LogP contribution < -0.4 is 15.0 Å². The van der Waals surface area contributed by atoms with Gasteiger partial charge in [-0.05, 0) is 92.8 Å². The molecule has 0 aromatic heterocycles. The van der Waals surface area contributed by atoms with Gasteiger partial charge in [-0.3, -0.25) is 19.3 Å². The summed E-state index contributed by atoms with van der Waals surface area (Å²) in [5.41, 5.74) is 3.22. The Bertz CT molecular complexity index is 1460. The molecule has 3 aromatic carbocycles. The first-order valence-electron chi connectivity index (χ1n) is 12.5. The summed E-state index contributed by atoms with van der Waals surface area (Å²) in [5.74, 6) is -0.316. The molecule has 2 saturated heterocycles. The van der Waals surface area contributed by atoms with E-state index in [-0.39, 0.29) is 11.4 Å². The van der Waals surface area contributed by atoms with E-state index in [9.17, 15) is 14.4 Å². The molecule has 8 nitrogen and oxygen atoms in total. The molecule has 3 amide bonds. The van der Waals surface area contributed by atoms with Gasteiger partial charge in [-0.25, -0.2) is 0 Å². The number of para-hydroxylation sites is 2. The summed E-state index contributed by atoms with van der Waals surface area (Å²) < 4.78 is 13.4. The molecular weight excluding hydrogens is 756 g/mol. The van der Waals surface area contributed by atoms with Gasteiger partial charge >= 0.3 is 0 Å². The van der Waals surface area contributed by atoms with Crippen molar-refractivity contribution >= 4 is 91.4 Å². The van der Waals surface area contributed by atoms with E-state index >= 15 is 0 Å². The van der Waals surface area contributed by atoms with Crippen LogP contribution in [0.3, 0.4) is 0 Å². The van der Waals surface area contributed by atoms with Crippen molar-refractivity contribution < 1.29 is 23.9 Å². The molecule has 11 heteroatoms. The number of carbonyl (C=O) groups is 3. The number of amides is 3. The maximum atomic E-state index is 13.3. The van der Waals surface area contributed by atoms with Gasteiger partial charge in [-0.2, -0.15) is 0 Å². The van der Waals surface area contributed by atoms with Gasteiger partial charge in [-0.1, -0.05) is 42.5 Å². The third-order valence-corrected chi connectivity index (χ3v) is 8.59. The van der Waals surface area contributed by atoms with Crippen LogP contribution in [0.5, 0.6) is 5.75 Å². The number of benzene rings is 3. The molecule has 1 N–H and O–H groups in total. The summed E-state index contributed by atoms with van der Waals surface area (Å²) in [6.07, 6.45) is 1.67. The van der Waals surface area contributed by atoms with E-state index in [2.05, 4.69) is 55.4 Å². The first-order chi connectivity index (χ1) is 19.4. The van der Waals surface area contributed by atoms with Crippen molar-refractivity contribution in [1.82, 2.24) is 4.90 Å². The zero-order valence-electron chi connectivity index (χ0n) is 21.3. The number of anilines is 2. The Hall–Kier alpha value is -2.62. The first kappa shape index (κ1) is 28.9. The van der Waals surface area contributed by atoms with Crippen LogP contribution in [-0.4, -0.2) is 54.8 Å². The molecule has 3 aromatic rings. The van der Waals surface area contributed by atoms with Gasteiger partial charge in [0.15, 0.2) is 0 Å². The summed E-state index contributed by atoms with van der Waals surface area (Å²) in [5, 5.41) is 2.39. The number of rotatable bonds is 8. The fourth-order valence-electron chi connectivity index (χ4n) is 4.34.